The Kier molecular flexibility index (Phi) is 9.80. The highest BCUT2D eigenvalue weighted by atomic mass is 32.2. The highest BCUT2D eigenvalue weighted by molar-refractivity contribution is 7.90. The Labute approximate surface area is 134 Å². The van der Waals surface area contributed by atoms with Gasteiger partial charge in [-0.3, -0.25) is 9.79 Å². The topological polar surface area (TPSA) is 99.7 Å². The molecule has 0 aromatic heterocycles. The van der Waals surface area contributed by atoms with Gasteiger partial charge in [0.1, 0.15) is 9.84 Å². The molecule has 0 aliphatic heterocycles. The van der Waals surface area contributed by atoms with Gasteiger partial charge in [-0.2, -0.15) is 0 Å². The van der Waals surface area contributed by atoms with E-state index in [1.54, 1.807) is 0 Å². The lowest BCUT2D eigenvalue weighted by Gasteiger charge is -2.17. The van der Waals surface area contributed by atoms with Crippen molar-refractivity contribution < 1.29 is 13.2 Å². The van der Waals surface area contributed by atoms with Crippen LogP contribution in [0, 0.1) is 5.92 Å². The minimum Gasteiger partial charge on any atom is -0.357 e. The van der Waals surface area contributed by atoms with E-state index in [-0.39, 0.29) is 23.6 Å². The second-order valence-corrected chi connectivity index (χ2v) is 7.93. The molecule has 3 N–H and O–H groups in total. The van der Waals surface area contributed by atoms with Crippen LogP contribution in [0.4, 0.5) is 0 Å². The van der Waals surface area contributed by atoms with Crippen LogP contribution < -0.4 is 16.0 Å². The van der Waals surface area contributed by atoms with Gasteiger partial charge in [-0.05, 0) is 20.3 Å². The summed E-state index contributed by atoms with van der Waals surface area (Å²) in [6, 6.07) is -0.00206. The van der Waals surface area contributed by atoms with Crippen molar-refractivity contribution in [3.63, 3.8) is 0 Å². The standard InChI is InChI=1S/C14H30N4O3S/c1-6-15-14(17-9-8-16-13(19)11(2)3)18-12(4)7-10-22(5,20)21/h11-12H,6-10H2,1-5H3,(H,16,19)(H2,15,17,18). The summed E-state index contributed by atoms with van der Waals surface area (Å²) in [7, 11) is -2.95. The van der Waals surface area contributed by atoms with E-state index < -0.39 is 9.84 Å². The second kappa shape index (κ2) is 10.4. The maximum absolute atomic E-state index is 11.4. The van der Waals surface area contributed by atoms with Crippen LogP contribution in [0.15, 0.2) is 4.99 Å². The normalized spacial score (nSPS) is 13.8. The molecular weight excluding hydrogens is 304 g/mol. The zero-order chi connectivity index (χ0) is 17.2. The van der Waals surface area contributed by atoms with Crippen molar-refractivity contribution in [2.45, 2.75) is 40.2 Å². The number of hydrogen-bond acceptors (Lipinski definition) is 4. The zero-order valence-electron chi connectivity index (χ0n) is 14.3. The van der Waals surface area contributed by atoms with Crippen molar-refractivity contribution in [3.8, 4) is 0 Å². The third kappa shape index (κ3) is 11.4. The number of hydrogen-bond donors (Lipinski definition) is 3. The summed E-state index contributed by atoms with van der Waals surface area (Å²) in [5.74, 6) is 0.744. The fourth-order valence-electron chi connectivity index (χ4n) is 1.57. The summed E-state index contributed by atoms with van der Waals surface area (Å²) in [5.41, 5.74) is 0. The molecule has 0 radical (unpaired) electrons. The lowest BCUT2D eigenvalue weighted by atomic mass is 10.2. The summed E-state index contributed by atoms with van der Waals surface area (Å²) in [4.78, 5) is 15.8. The number of amides is 1. The third-order valence-corrected chi connectivity index (χ3v) is 3.83. The molecule has 0 aromatic rings. The molecule has 1 atom stereocenters. The molecule has 0 saturated heterocycles. The molecule has 0 aromatic carbocycles. The Morgan fingerprint density at radius 1 is 1.18 bits per heavy atom. The lowest BCUT2D eigenvalue weighted by Crippen LogP contribution is -2.43. The lowest BCUT2D eigenvalue weighted by molar-refractivity contribution is -0.123. The molecule has 0 fully saturated rings. The minimum absolute atomic E-state index is 0.00206. The predicted molar refractivity (Wildman–Crippen MR) is 90.8 cm³/mol. The highest BCUT2D eigenvalue weighted by Gasteiger charge is 2.09. The first kappa shape index (κ1) is 20.7. The SMILES string of the molecule is CCNC(=NCCNC(=O)C(C)C)NC(C)CCS(C)(=O)=O. The quantitative estimate of drug-likeness (QED) is 0.316. The number of aliphatic imine (C=N–C) groups is 1. The van der Waals surface area contributed by atoms with Gasteiger partial charge in [0, 0.05) is 31.3 Å². The molecule has 0 spiro atoms. The van der Waals surface area contributed by atoms with Crippen LogP contribution in [0.3, 0.4) is 0 Å². The van der Waals surface area contributed by atoms with Gasteiger partial charge in [-0.1, -0.05) is 13.8 Å². The third-order valence-electron chi connectivity index (χ3n) is 2.85. The van der Waals surface area contributed by atoms with Gasteiger partial charge in [-0.15, -0.1) is 0 Å². The van der Waals surface area contributed by atoms with Crippen molar-refractivity contribution in [3.05, 3.63) is 0 Å². The molecule has 22 heavy (non-hydrogen) atoms. The molecule has 1 amide bonds. The maximum Gasteiger partial charge on any atom is 0.222 e. The molecule has 0 heterocycles. The first-order chi connectivity index (χ1) is 10.2. The molecule has 8 heteroatoms. The van der Waals surface area contributed by atoms with Gasteiger partial charge in [0.2, 0.25) is 5.91 Å². The van der Waals surface area contributed by atoms with Crippen LogP contribution in [0.2, 0.25) is 0 Å². The monoisotopic (exact) mass is 334 g/mol. The number of nitrogens with zero attached hydrogens (tertiary/aromatic N) is 1. The molecule has 0 aliphatic carbocycles. The highest BCUT2D eigenvalue weighted by Crippen LogP contribution is 1.95. The van der Waals surface area contributed by atoms with E-state index >= 15 is 0 Å². The summed E-state index contributed by atoms with van der Waals surface area (Å²) < 4.78 is 22.3. The molecule has 0 saturated carbocycles. The van der Waals surface area contributed by atoms with Gasteiger partial charge in [-0.25, -0.2) is 8.42 Å². The Morgan fingerprint density at radius 3 is 2.32 bits per heavy atom. The van der Waals surface area contributed by atoms with Gasteiger partial charge in [0.15, 0.2) is 5.96 Å². The van der Waals surface area contributed by atoms with Crippen molar-refractivity contribution in [1.82, 2.24) is 16.0 Å². The van der Waals surface area contributed by atoms with E-state index in [1.165, 1.54) is 6.26 Å². The molecule has 0 bridgehead atoms. The van der Waals surface area contributed by atoms with Crippen molar-refractivity contribution in [1.29, 1.82) is 0 Å². The Bertz CT molecular complexity index is 461. The van der Waals surface area contributed by atoms with Crippen LogP contribution in [0.5, 0.6) is 0 Å². The van der Waals surface area contributed by atoms with Crippen LogP contribution in [-0.2, 0) is 14.6 Å². The first-order valence-electron chi connectivity index (χ1n) is 7.66. The smallest absolute Gasteiger partial charge is 0.222 e. The van der Waals surface area contributed by atoms with E-state index in [0.717, 1.165) is 0 Å². The van der Waals surface area contributed by atoms with E-state index in [1.807, 2.05) is 27.7 Å². The Morgan fingerprint density at radius 2 is 1.82 bits per heavy atom. The van der Waals surface area contributed by atoms with Crippen molar-refractivity contribution in [2.24, 2.45) is 10.9 Å². The van der Waals surface area contributed by atoms with Gasteiger partial charge in [0.05, 0.1) is 12.3 Å². The predicted octanol–water partition coefficient (Wildman–Crippen LogP) is 0.137. The molecule has 0 rings (SSSR count). The largest absolute Gasteiger partial charge is 0.357 e. The number of rotatable bonds is 9. The van der Waals surface area contributed by atoms with Crippen LogP contribution in [0.1, 0.15) is 34.1 Å². The van der Waals surface area contributed by atoms with E-state index in [2.05, 4.69) is 20.9 Å². The number of guanidine groups is 1. The van der Waals surface area contributed by atoms with Gasteiger partial charge in [0.25, 0.3) is 0 Å². The van der Waals surface area contributed by atoms with Crippen LogP contribution in [-0.4, -0.2) is 58.0 Å². The molecule has 7 nitrogen and oxygen atoms in total. The molecule has 1 unspecified atom stereocenters. The van der Waals surface area contributed by atoms with Gasteiger partial charge >= 0.3 is 0 Å². The summed E-state index contributed by atoms with van der Waals surface area (Å²) in [5, 5.41) is 9.06. The van der Waals surface area contributed by atoms with E-state index in [4.69, 9.17) is 0 Å². The van der Waals surface area contributed by atoms with E-state index in [9.17, 15) is 13.2 Å². The number of carbonyl (C=O) groups is 1. The number of nitrogens with one attached hydrogen (secondary N) is 3. The van der Waals surface area contributed by atoms with E-state index in [0.29, 0.717) is 32.0 Å². The Hall–Kier alpha value is -1.31. The zero-order valence-corrected chi connectivity index (χ0v) is 15.1. The molecule has 0 aliphatic rings. The minimum atomic E-state index is -2.95. The summed E-state index contributed by atoms with van der Waals surface area (Å²) >= 11 is 0. The van der Waals surface area contributed by atoms with Crippen molar-refractivity contribution in [2.75, 3.05) is 31.6 Å². The number of carbonyl (C=O) groups excluding carboxylic acids is 1. The first-order valence-corrected chi connectivity index (χ1v) is 9.72. The average Bonchev–Trinajstić information content (AvgIpc) is 2.40. The Balaban J connectivity index is 4.28. The molecule has 130 valence electrons. The molecular formula is C14H30N4O3S. The fraction of sp³-hybridized carbons (Fsp3) is 0.857. The van der Waals surface area contributed by atoms with Crippen molar-refractivity contribution >= 4 is 21.7 Å². The summed E-state index contributed by atoms with van der Waals surface area (Å²) in [6.07, 6.45) is 1.75. The second-order valence-electron chi connectivity index (χ2n) is 5.67. The fourth-order valence-corrected chi connectivity index (χ4v) is 2.35. The van der Waals surface area contributed by atoms with Gasteiger partial charge < -0.3 is 16.0 Å². The van der Waals surface area contributed by atoms with Crippen LogP contribution >= 0.6 is 0 Å². The van der Waals surface area contributed by atoms with Crippen LogP contribution in [0.25, 0.3) is 0 Å². The number of sulfone groups is 1. The average molecular weight is 334 g/mol. The summed E-state index contributed by atoms with van der Waals surface area (Å²) in [6.45, 7) is 9.21. The maximum atomic E-state index is 11.4.